The Labute approximate surface area is 113 Å². The molecule has 19 heavy (non-hydrogen) atoms. The fraction of sp³-hybridized carbons (Fsp3) is 0.571. The second-order valence-electron chi connectivity index (χ2n) is 5.38. The summed E-state index contributed by atoms with van der Waals surface area (Å²) in [6, 6.07) is 5.27. The average Bonchev–Trinajstić information content (AvgIpc) is 2.39. The number of nitro benzene ring substituents is 1. The van der Waals surface area contributed by atoms with Crippen LogP contribution in [0.1, 0.15) is 18.4 Å². The van der Waals surface area contributed by atoms with Crippen LogP contribution in [0, 0.1) is 23.0 Å². The van der Waals surface area contributed by atoms with E-state index >= 15 is 0 Å². The molecule has 0 aromatic heterocycles. The summed E-state index contributed by atoms with van der Waals surface area (Å²) in [4.78, 5) is 12.7. The van der Waals surface area contributed by atoms with Crippen LogP contribution < -0.4 is 10.2 Å². The van der Waals surface area contributed by atoms with Crippen molar-refractivity contribution in [3.8, 4) is 0 Å². The van der Waals surface area contributed by atoms with Crippen molar-refractivity contribution in [2.45, 2.75) is 19.8 Å². The molecule has 1 aromatic carbocycles. The Balaban J connectivity index is 2.09. The number of nitro groups is 1. The normalized spacial score (nSPS) is 19.2. The number of benzene rings is 1. The summed E-state index contributed by atoms with van der Waals surface area (Å²) in [7, 11) is 2.01. The summed E-state index contributed by atoms with van der Waals surface area (Å²) in [5.41, 5.74) is 2.03. The van der Waals surface area contributed by atoms with Crippen molar-refractivity contribution in [1.29, 1.82) is 0 Å². The molecule has 1 fully saturated rings. The SMILES string of the molecule is Cc1cc(N(C)CC2CCCNC2)cc([N+](=O)[O-])c1. The van der Waals surface area contributed by atoms with Crippen LogP contribution >= 0.6 is 0 Å². The van der Waals surface area contributed by atoms with E-state index in [0.717, 1.165) is 30.9 Å². The van der Waals surface area contributed by atoms with E-state index in [0.29, 0.717) is 5.92 Å². The molecular formula is C14H21N3O2. The van der Waals surface area contributed by atoms with Crippen LogP contribution in [0.4, 0.5) is 11.4 Å². The first-order valence-electron chi connectivity index (χ1n) is 6.74. The van der Waals surface area contributed by atoms with Crippen molar-refractivity contribution in [3.63, 3.8) is 0 Å². The van der Waals surface area contributed by atoms with E-state index in [4.69, 9.17) is 0 Å². The third-order valence-corrected chi connectivity index (χ3v) is 3.63. The quantitative estimate of drug-likeness (QED) is 0.669. The van der Waals surface area contributed by atoms with Gasteiger partial charge in [-0.2, -0.15) is 0 Å². The number of non-ortho nitro benzene ring substituents is 1. The highest BCUT2D eigenvalue weighted by atomic mass is 16.6. The molecule has 1 aliphatic heterocycles. The van der Waals surface area contributed by atoms with Gasteiger partial charge in [0.1, 0.15) is 0 Å². The van der Waals surface area contributed by atoms with Crippen LogP contribution in [0.3, 0.4) is 0 Å². The van der Waals surface area contributed by atoms with Crippen LogP contribution in [-0.4, -0.2) is 31.6 Å². The summed E-state index contributed by atoms with van der Waals surface area (Å²) in [5, 5.41) is 14.3. The summed E-state index contributed by atoms with van der Waals surface area (Å²) in [5.74, 6) is 0.623. The van der Waals surface area contributed by atoms with E-state index in [2.05, 4.69) is 10.2 Å². The molecule has 1 heterocycles. The molecule has 0 amide bonds. The lowest BCUT2D eigenvalue weighted by Crippen LogP contribution is -2.36. The maximum absolute atomic E-state index is 10.9. The van der Waals surface area contributed by atoms with Gasteiger partial charge in [-0.05, 0) is 50.4 Å². The number of rotatable bonds is 4. The average molecular weight is 263 g/mol. The van der Waals surface area contributed by atoms with Crippen LogP contribution in [0.2, 0.25) is 0 Å². The van der Waals surface area contributed by atoms with E-state index in [1.165, 1.54) is 12.8 Å². The monoisotopic (exact) mass is 263 g/mol. The number of piperidine rings is 1. The molecule has 0 bridgehead atoms. The molecule has 1 saturated heterocycles. The first-order chi connectivity index (χ1) is 9.06. The van der Waals surface area contributed by atoms with Gasteiger partial charge in [-0.3, -0.25) is 10.1 Å². The molecule has 2 rings (SSSR count). The number of anilines is 1. The minimum Gasteiger partial charge on any atom is -0.374 e. The molecule has 0 radical (unpaired) electrons. The van der Waals surface area contributed by atoms with Gasteiger partial charge >= 0.3 is 0 Å². The minimum atomic E-state index is -0.327. The Kier molecular flexibility index (Phi) is 4.37. The second kappa shape index (κ2) is 6.02. The Morgan fingerprint density at radius 1 is 1.47 bits per heavy atom. The third kappa shape index (κ3) is 3.67. The highest BCUT2D eigenvalue weighted by molar-refractivity contribution is 5.55. The standard InChI is InChI=1S/C14H21N3O2/c1-11-6-13(8-14(7-11)17(18)19)16(2)10-12-4-3-5-15-9-12/h6-8,12,15H,3-5,9-10H2,1-2H3. The number of nitrogens with zero attached hydrogens (tertiary/aromatic N) is 2. The molecule has 5 nitrogen and oxygen atoms in total. The molecule has 0 spiro atoms. The van der Waals surface area contributed by atoms with E-state index in [9.17, 15) is 10.1 Å². The van der Waals surface area contributed by atoms with Gasteiger partial charge in [-0.1, -0.05) is 0 Å². The zero-order chi connectivity index (χ0) is 13.8. The molecule has 1 atom stereocenters. The van der Waals surface area contributed by atoms with Crippen molar-refractivity contribution in [1.82, 2.24) is 5.32 Å². The van der Waals surface area contributed by atoms with Crippen molar-refractivity contribution >= 4 is 11.4 Å². The first-order valence-corrected chi connectivity index (χ1v) is 6.74. The van der Waals surface area contributed by atoms with Crippen LogP contribution in [0.5, 0.6) is 0 Å². The summed E-state index contributed by atoms with van der Waals surface area (Å²) in [6.07, 6.45) is 2.44. The van der Waals surface area contributed by atoms with E-state index < -0.39 is 0 Å². The molecule has 1 aliphatic rings. The van der Waals surface area contributed by atoms with Gasteiger partial charge in [-0.25, -0.2) is 0 Å². The molecule has 1 aromatic rings. The van der Waals surface area contributed by atoms with Crippen molar-refractivity contribution < 1.29 is 4.92 Å². The van der Waals surface area contributed by atoms with Gasteiger partial charge in [0.2, 0.25) is 0 Å². The number of hydrogen-bond acceptors (Lipinski definition) is 4. The number of hydrogen-bond donors (Lipinski definition) is 1. The van der Waals surface area contributed by atoms with Crippen LogP contribution in [0.25, 0.3) is 0 Å². The van der Waals surface area contributed by atoms with Gasteiger partial charge < -0.3 is 10.2 Å². The maximum Gasteiger partial charge on any atom is 0.271 e. The lowest BCUT2D eigenvalue weighted by atomic mass is 9.99. The zero-order valence-electron chi connectivity index (χ0n) is 11.6. The Morgan fingerprint density at radius 3 is 2.89 bits per heavy atom. The zero-order valence-corrected chi connectivity index (χ0v) is 11.6. The van der Waals surface area contributed by atoms with Gasteiger partial charge in [0, 0.05) is 31.4 Å². The van der Waals surface area contributed by atoms with Gasteiger partial charge in [0.15, 0.2) is 0 Å². The molecule has 0 aliphatic carbocycles. The lowest BCUT2D eigenvalue weighted by molar-refractivity contribution is -0.384. The second-order valence-corrected chi connectivity index (χ2v) is 5.38. The van der Waals surface area contributed by atoms with Crippen molar-refractivity contribution in [3.05, 3.63) is 33.9 Å². The van der Waals surface area contributed by atoms with E-state index in [-0.39, 0.29) is 10.6 Å². The topological polar surface area (TPSA) is 58.4 Å². The molecule has 1 unspecified atom stereocenters. The summed E-state index contributed by atoms with van der Waals surface area (Å²) in [6.45, 7) is 4.98. The molecule has 104 valence electrons. The van der Waals surface area contributed by atoms with Gasteiger partial charge in [0.25, 0.3) is 5.69 Å². The summed E-state index contributed by atoms with van der Waals surface area (Å²) >= 11 is 0. The maximum atomic E-state index is 10.9. The Bertz CT molecular complexity index is 456. The Morgan fingerprint density at radius 2 is 2.26 bits per heavy atom. The fourth-order valence-electron chi connectivity index (χ4n) is 2.64. The predicted octanol–water partition coefficient (Wildman–Crippen LogP) is 2.34. The molecule has 1 N–H and O–H groups in total. The lowest BCUT2D eigenvalue weighted by Gasteiger charge is -2.29. The number of nitrogens with one attached hydrogen (secondary N) is 1. The van der Waals surface area contributed by atoms with Gasteiger partial charge in [-0.15, -0.1) is 0 Å². The smallest absolute Gasteiger partial charge is 0.271 e. The van der Waals surface area contributed by atoms with Crippen LogP contribution in [-0.2, 0) is 0 Å². The molecule has 5 heteroatoms. The fourth-order valence-corrected chi connectivity index (χ4v) is 2.64. The predicted molar refractivity (Wildman–Crippen MR) is 76.7 cm³/mol. The highest BCUT2D eigenvalue weighted by Crippen LogP contribution is 2.24. The van der Waals surface area contributed by atoms with Crippen LogP contribution in [0.15, 0.2) is 18.2 Å². The van der Waals surface area contributed by atoms with Crippen molar-refractivity contribution in [2.75, 3.05) is 31.6 Å². The number of aryl methyl sites for hydroxylation is 1. The minimum absolute atomic E-state index is 0.170. The van der Waals surface area contributed by atoms with Gasteiger partial charge in [0.05, 0.1) is 4.92 Å². The third-order valence-electron chi connectivity index (χ3n) is 3.63. The first kappa shape index (κ1) is 13.8. The van der Waals surface area contributed by atoms with E-state index in [1.54, 1.807) is 12.1 Å². The largest absolute Gasteiger partial charge is 0.374 e. The highest BCUT2D eigenvalue weighted by Gasteiger charge is 2.17. The molecular weight excluding hydrogens is 242 g/mol. The van der Waals surface area contributed by atoms with Crippen molar-refractivity contribution in [2.24, 2.45) is 5.92 Å². The molecule has 0 saturated carbocycles. The Hall–Kier alpha value is -1.62. The summed E-state index contributed by atoms with van der Waals surface area (Å²) < 4.78 is 0. The van der Waals surface area contributed by atoms with E-state index in [1.807, 2.05) is 20.0 Å².